The molecule has 7 heteroatoms. The molecule has 0 aliphatic heterocycles. The van der Waals surface area contributed by atoms with Gasteiger partial charge < -0.3 is 14.7 Å². The first kappa shape index (κ1) is 16.7. The molecular formula is C18H15ClN4O2. The van der Waals surface area contributed by atoms with Crippen LogP contribution >= 0.6 is 11.6 Å². The number of hydrogen-bond acceptors (Lipinski definition) is 4. The van der Waals surface area contributed by atoms with E-state index in [4.69, 9.17) is 21.7 Å². The molecule has 3 aromatic rings. The number of amides is 1. The van der Waals surface area contributed by atoms with Crippen molar-refractivity contribution in [1.82, 2.24) is 9.55 Å². The maximum Gasteiger partial charge on any atom is 0.412 e. The number of hydrogen-bond donors (Lipinski definition) is 2. The third kappa shape index (κ3) is 4.45. The summed E-state index contributed by atoms with van der Waals surface area (Å²) in [5, 5.41) is 11.2. The molecule has 0 saturated heterocycles. The van der Waals surface area contributed by atoms with Gasteiger partial charge in [0, 0.05) is 28.8 Å². The number of carbonyl (C=O) groups is 1. The first-order valence-electron chi connectivity index (χ1n) is 7.47. The average molecular weight is 355 g/mol. The SMILES string of the molecule is N=C(COC(=O)Nc1ccc(Cl)cc1)c1ccc(-n2ccnc2)cc1. The van der Waals surface area contributed by atoms with Crippen molar-refractivity contribution in [2.75, 3.05) is 11.9 Å². The van der Waals surface area contributed by atoms with E-state index in [9.17, 15) is 4.79 Å². The lowest BCUT2D eigenvalue weighted by molar-refractivity contribution is 0.177. The van der Waals surface area contributed by atoms with Crippen LogP contribution in [0.25, 0.3) is 5.69 Å². The highest BCUT2D eigenvalue weighted by Gasteiger charge is 2.08. The van der Waals surface area contributed by atoms with Crippen molar-refractivity contribution in [1.29, 1.82) is 5.41 Å². The molecule has 2 aromatic carbocycles. The van der Waals surface area contributed by atoms with Gasteiger partial charge in [0.05, 0.1) is 12.0 Å². The van der Waals surface area contributed by atoms with Gasteiger partial charge in [0.15, 0.2) is 0 Å². The summed E-state index contributed by atoms with van der Waals surface area (Å²) in [5.41, 5.74) is 2.41. The molecule has 0 atom stereocenters. The van der Waals surface area contributed by atoms with E-state index in [1.54, 1.807) is 48.9 Å². The fourth-order valence-corrected chi connectivity index (χ4v) is 2.28. The zero-order valence-corrected chi connectivity index (χ0v) is 13.9. The fourth-order valence-electron chi connectivity index (χ4n) is 2.15. The van der Waals surface area contributed by atoms with Crippen LogP contribution in [-0.4, -0.2) is 28.0 Å². The molecule has 2 N–H and O–H groups in total. The van der Waals surface area contributed by atoms with Crippen LogP contribution < -0.4 is 5.32 Å². The van der Waals surface area contributed by atoms with Crippen molar-refractivity contribution < 1.29 is 9.53 Å². The second kappa shape index (κ2) is 7.63. The summed E-state index contributed by atoms with van der Waals surface area (Å²) in [7, 11) is 0. The number of nitrogens with one attached hydrogen (secondary N) is 2. The first-order chi connectivity index (χ1) is 12.1. The number of rotatable bonds is 5. The lowest BCUT2D eigenvalue weighted by atomic mass is 10.1. The maximum absolute atomic E-state index is 11.8. The van der Waals surface area contributed by atoms with E-state index in [2.05, 4.69) is 10.3 Å². The van der Waals surface area contributed by atoms with E-state index < -0.39 is 6.09 Å². The number of halogens is 1. The van der Waals surface area contributed by atoms with Gasteiger partial charge in [-0.05, 0) is 42.0 Å². The zero-order valence-electron chi connectivity index (χ0n) is 13.1. The normalized spacial score (nSPS) is 10.3. The molecule has 0 aliphatic rings. The second-order valence-corrected chi connectivity index (χ2v) is 5.64. The minimum absolute atomic E-state index is 0.121. The lowest BCUT2D eigenvalue weighted by Gasteiger charge is -2.09. The van der Waals surface area contributed by atoms with Gasteiger partial charge in [0.1, 0.15) is 6.61 Å². The van der Waals surface area contributed by atoms with Gasteiger partial charge >= 0.3 is 6.09 Å². The number of carbonyl (C=O) groups excluding carboxylic acids is 1. The van der Waals surface area contributed by atoms with Crippen LogP contribution in [0.1, 0.15) is 5.56 Å². The highest BCUT2D eigenvalue weighted by Crippen LogP contribution is 2.14. The molecule has 0 bridgehead atoms. The maximum atomic E-state index is 11.8. The molecule has 25 heavy (non-hydrogen) atoms. The van der Waals surface area contributed by atoms with Gasteiger partial charge in [0.2, 0.25) is 0 Å². The predicted octanol–water partition coefficient (Wildman–Crippen LogP) is 4.14. The second-order valence-electron chi connectivity index (χ2n) is 5.20. The Bertz CT molecular complexity index is 859. The fraction of sp³-hybridized carbons (Fsp3) is 0.0556. The zero-order chi connectivity index (χ0) is 17.6. The molecule has 126 valence electrons. The van der Waals surface area contributed by atoms with Crippen LogP contribution in [0.5, 0.6) is 0 Å². The van der Waals surface area contributed by atoms with Crippen LogP contribution in [-0.2, 0) is 4.74 Å². The summed E-state index contributed by atoms with van der Waals surface area (Å²) >= 11 is 5.79. The number of nitrogens with zero attached hydrogens (tertiary/aromatic N) is 2. The standard InChI is InChI=1S/C18H15ClN4O2/c19-14-3-5-15(6-4-14)22-18(24)25-11-17(20)13-1-7-16(8-2-13)23-10-9-21-12-23/h1-10,12,20H,11H2,(H,22,24). The third-order valence-electron chi connectivity index (χ3n) is 3.46. The summed E-state index contributed by atoms with van der Waals surface area (Å²) in [6.07, 6.45) is 4.61. The summed E-state index contributed by atoms with van der Waals surface area (Å²) in [4.78, 5) is 15.8. The number of benzene rings is 2. The van der Waals surface area contributed by atoms with Gasteiger partial charge in [-0.3, -0.25) is 5.32 Å². The first-order valence-corrected chi connectivity index (χ1v) is 7.85. The van der Waals surface area contributed by atoms with Crippen LogP contribution in [0.15, 0.2) is 67.3 Å². The van der Waals surface area contributed by atoms with Crippen molar-refractivity contribution in [3.8, 4) is 5.69 Å². The molecular weight excluding hydrogens is 340 g/mol. The van der Waals surface area contributed by atoms with Crippen LogP contribution in [0.3, 0.4) is 0 Å². The summed E-state index contributed by atoms with van der Waals surface area (Å²) in [6, 6.07) is 14.0. The molecule has 1 heterocycles. The predicted molar refractivity (Wildman–Crippen MR) is 96.8 cm³/mol. The summed E-state index contributed by atoms with van der Waals surface area (Å²) < 4.78 is 6.94. The molecule has 0 fully saturated rings. The Balaban J connectivity index is 1.53. The smallest absolute Gasteiger partial charge is 0.412 e. The van der Waals surface area contributed by atoms with E-state index in [0.29, 0.717) is 16.3 Å². The van der Waals surface area contributed by atoms with Gasteiger partial charge in [-0.1, -0.05) is 23.7 Å². The van der Waals surface area contributed by atoms with E-state index in [-0.39, 0.29) is 12.3 Å². The number of ether oxygens (including phenoxy) is 1. The van der Waals surface area contributed by atoms with Gasteiger partial charge in [-0.25, -0.2) is 9.78 Å². The Morgan fingerprint density at radius 1 is 1.16 bits per heavy atom. The number of imidazole rings is 1. The van der Waals surface area contributed by atoms with E-state index >= 15 is 0 Å². The molecule has 6 nitrogen and oxygen atoms in total. The number of anilines is 1. The van der Waals surface area contributed by atoms with Gasteiger partial charge in [-0.2, -0.15) is 0 Å². The Morgan fingerprint density at radius 2 is 1.88 bits per heavy atom. The number of aromatic nitrogens is 2. The average Bonchev–Trinajstić information content (AvgIpc) is 3.16. The summed E-state index contributed by atoms with van der Waals surface area (Å²) in [6.45, 7) is -0.121. The van der Waals surface area contributed by atoms with E-state index in [0.717, 1.165) is 5.69 Å². The molecule has 3 rings (SSSR count). The van der Waals surface area contributed by atoms with Crippen LogP contribution in [0.4, 0.5) is 10.5 Å². The minimum Gasteiger partial charge on any atom is -0.443 e. The Kier molecular flexibility index (Phi) is 5.11. The topological polar surface area (TPSA) is 80.0 Å². The monoisotopic (exact) mass is 354 g/mol. The van der Waals surface area contributed by atoms with Crippen molar-refractivity contribution >= 4 is 29.1 Å². The highest BCUT2D eigenvalue weighted by molar-refractivity contribution is 6.30. The lowest BCUT2D eigenvalue weighted by Crippen LogP contribution is -2.19. The molecule has 0 spiro atoms. The molecule has 1 aromatic heterocycles. The van der Waals surface area contributed by atoms with Crippen LogP contribution in [0.2, 0.25) is 5.02 Å². The van der Waals surface area contributed by atoms with E-state index in [1.165, 1.54) is 0 Å². The third-order valence-corrected chi connectivity index (χ3v) is 3.71. The minimum atomic E-state index is -0.623. The molecule has 0 radical (unpaired) electrons. The van der Waals surface area contributed by atoms with Gasteiger partial charge in [-0.15, -0.1) is 0 Å². The van der Waals surface area contributed by atoms with Crippen molar-refractivity contribution in [2.24, 2.45) is 0 Å². The molecule has 0 saturated carbocycles. The van der Waals surface area contributed by atoms with E-state index in [1.807, 2.05) is 22.9 Å². The van der Waals surface area contributed by atoms with Gasteiger partial charge in [0.25, 0.3) is 0 Å². The Hall–Kier alpha value is -3.12. The molecule has 0 unspecified atom stereocenters. The quantitative estimate of drug-likeness (QED) is 0.676. The van der Waals surface area contributed by atoms with Crippen molar-refractivity contribution in [3.05, 3.63) is 77.8 Å². The highest BCUT2D eigenvalue weighted by atomic mass is 35.5. The molecule has 0 aliphatic carbocycles. The van der Waals surface area contributed by atoms with Crippen molar-refractivity contribution in [2.45, 2.75) is 0 Å². The largest absolute Gasteiger partial charge is 0.443 e. The van der Waals surface area contributed by atoms with Crippen molar-refractivity contribution in [3.63, 3.8) is 0 Å². The Morgan fingerprint density at radius 3 is 2.52 bits per heavy atom. The molecule has 1 amide bonds. The summed E-state index contributed by atoms with van der Waals surface area (Å²) in [5.74, 6) is 0. The van der Waals surface area contributed by atoms with Crippen LogP contribution in [0, 0.1) is 5.41 Å². The Labute approximate surface area is 149 Å².